The molecule has 0 aliphatic carbocycles. The summed E-state index contributed by atoms with van der Waals surface area (Å²) >= 11 is 0. The van der Waals surface area contributed by atoms with Crippen LogP contribution in [0.25, 0.3) is 0 Å². The zero-order chi connectivity index (χ0) is 11.1. The van der Waals surface area contributed by atoms with E-state index in [1.165, 1.54) is 0 Å². The van der Waals surface area contributed by atoms with Gasteiger partial charge in [-0.1, -0.05) is 13.3 Å². The van der Waals surface area contributed by atoms with Crippen molar-refractivity contribution >= 4 is 11.7 Å². The third-order valence-corrected chi connectivity index (χ3v) is 2.48. The van der Waals surface area contributed by atoms with E-state index in [4.69, 9.17) is 4.74 Å². The molecule has 0 radical (unpaired) electrons. The first kappa shape index (κ1) is 12.2. The van der Waals surface area contributed by atoms with E-state index in [2.05, 4.69) is 5.32 Å². The van der Waals surface area contributed by atoms with Crippen molar-refractivity contribution < 1.29 is 14.3 Å². The molecule has 15 heavy (non-hydrogen) atoms. The van der Waals surface area contributed by atoms with E-state index in [1.54, 1.807) is 0 Å². The van der Waals surface area contributed by atoms with Crippen molar-refractivity contribution in [2.45, 2.75) is 51.7 Å². The molecular weight excluding hydrogens is 194 g/mol. The number of ether oxygens (including phenoxy) is 1. The molecule has 0 aromatic heterocycles. The van der Waals surface area contributed by atoms with E-state index >= 15 is 0 Å². The van der Waals surface area contributed by atoms with Gasteiger partial charge in [-0.15, -0.1) is 0 Å². The zero-order valence-corrected chi connectivity index (χ0v) is 9.25. The predicted octanol–water partition coefficient (Wildman–Crippen LogP) is 1.39. The van der Waals surface area contributed by atoms with E-state index in [0.717, 1.165) is 32.1 Å². The maximum atomic E-state index is 11.4. The lowest BCUT2D eigenvalue weighted by Gasteiger charge is -2.22. The third kappa shape index (κ3) is 4.42. The van der Waals surface area contributed by atoms with Crippen LogP contribution in [0.15, 0.2) is 0 Å². The highest BCUT2D eigenvalue weighted by molar-refractivity contribution is 6.36. The highest BCUT2D eigenvalue weighted by Gasteiger charge is 2.19. The number of amides is 1. The summed E-state index contributed by atoms with van der Waals surface area (Å²) in [6, 6.07) is 0. The SMILES string of the molecule is CCCCC(=O)C(=O)NC1CCCCO1. The van der Waals surface area contributed by atoms with Gasteiger partial charge in [-0.05, 0) is 25.7 Å². The predicted molar refractivity (Wildman–Crippen MR) is 56.3 cm³/mol. The molecule has 0 saturated carbocycles. The lowest BCUT2D eigenvalue weighted by atomic mass is 10.1. The number of hydrogen-bond donors (Lipinski definition) is 1. The Bertz CT molecular complexity index is 222. The fraction of sp³-hybridized carbons (Fsp3) is 0.818. The van der Waals surface area contributed by atoms with Gasteiger partial charge in [-0.25, -0.2) is 0 Å². The van der Waals surface area contributed by atoms with Crippen molar-refractivity contribution in [2.24, 2.45) is 0 Å². The van der Waals surface area contributed by atoms with Crippen molar-refractivity contribution in [1.82, 2.24) is 5.32 Å². The van der Waals surface area contributed by atoms with Crippen LogP contribution >= 0.6 is 0 Å². The molecule has 1 saturated heterocycles. The van der Waals surface area contributed by atoms with Crippen LogP contribution in [0.5, 0.6) is 0 Å². The van der Waals surface area contributed by atoms with Gasteiger partial charge >= 0.3 is 0 Å². The van der Waals surface area contributed by atoms with Crippen molar-refractivity contribution in [3.63, 3.8) is 0 Å². The number of carbonyl (C=O) groups is 2. The molecule has 0 aromatic rings. The summed E-state index contributed by atoms with van der Waals surface area (Å²) in [6.45, 7) is 2.67. The second-order valence-electron chi connectivity index (χ2n) is 3.86. The smallest absolute Gasteiger partial charge is 0.289 e. The number of unbranched alkanes of at least 4 members (excludes halogenated alkanes) is 1. The fourth-order valence-corrected chi connectivity index (χ4v) is 1.53. The number of ketones is 1. The van der Waals surface area contributed by atoms with Crippen molar-refractivity contribution in [3.05, 3.63) is 0 Å². The minimum atomic E-state index is -0.490. The molecule has 1 unspecified atom stereocenters. The molecule has 1 fully saturated rings. The van der Waals surface area contributed by atoms with E-state index in [0.29, 0.717) is 13.0 Å². The molecular formula is C11H19NO3. The number of rotatable bonds is 5. The van der Waals surface area contributed by atoms with E-state index in [1.807, 2.05) is 6.92 Å². The van der Waals surface area contributed by atoms with Gasteiger partial charge in [0.15, 0.2) is 0 Å². The average molecular weight is 213 g/mol. The maximum Gasteiger partial charge on any atom is 0.289 e. The summed E-state index contributed by atoms with van der Waals surface area (Å²) < 4.78 is 5.32. The number of nitrogens with one attached hydrogen (secondary N) is 1. The summed E-state index contributed by atoms with van der Waals surface area (Å²) in [5.41, 5.74) is 0. The fourth-order valence-electron chi connectivity index (χ4n) is 1.53. The zero-order valence-electron chi connectivity index (χ0n) is 9.25. The van der Waals surface area contributed by atoms with Crippen LogP contribution in [0, 0.1) is 0 Å². The number of carbonyl (C=O) groups excluding carboxylic acids is 2. The van der Waals surface area contributed by atoms with Crippen molar-refractivity contribution in [1.29, 1.82) is 0 Å². The van der Waals surface area contributed by atoms with E-state index < -0.39 is 5.91 Å². The highest BCUT2D eigenvalue weighted by atomic mass is 16.5. The molecule has 4 heteroatoms. The highest BCUT2D eigenvalue weighted by Crippen LogP contribution is 2.10. The van der Waals surface area contributed by atoms with Gasteiger partial charge in [0.05, 0.1) is 0 Å². The molecule has 0 spiro atoms. The molecule has 1 atom stereocenters. The molecule has 0 aromatic carbocycles. The first-order valence-corrected chi connectivity index (χ1v) is 5.69. The van der Waals surface area contributed by atoms with Crippen LogP contribution < -0.4 is 5.32 Å². The summed E-state index contributed by atoms with van der Waals surface area (Å²) in [7, 11) is 0. The largest absolute Gasteiger partial charge is 0.359 e. The summed E-state index contributed by atoms with van der Waals surface area (Å²) in [6.07, 6.45) is 4.69. The van der Waals surface area contributed by atoms with Crippen LogP contribution in [0.2, 0.25) is 0 Å². The lowest BCUT2D eigenvalue weighted by Crippen LogP contribution is -2.42. The van der Waals surface area contributed by atoms with E-state index in [9.17, 15) is 9.59 Å². The Hall–Kier alpha value is -0.900. The second kappa shape index (κ2) is 6.56. The monoisotopic (exact) mass is 213 g/mol. The van der Waals surface area contributed by atoms with Gasteiger partial charge in [-0.3, -0.25) is 9.59 Å². The third-order valence-electron chi connectivity index (χ3n) is 2.48. The normalized spacial score (nSPS) is 21.0. The molecule has 4 nitrogen and oxygen atoms in total. The molecule has 1 amide bonds. The number of hydrogen-bond acceptors (Lipinski definition) is 3. The molecule has 86 valence electrons. The summed E-state index contributed by atoms with van der Waals surface area (Å²) in [5.74, 6) is -0.818. The molecule has 1 heterocycles. The summed E-state index contributed by atoms with van der Waals surface area (Å²) in [4.78, 5) is 22.7. The Morgan fingerprint density at radius 3 is 2.80 bits per heavy atom. The van der Waals surface area contributed by atoms with Crippen LogP contribution in [0.3, 0.4) is 0 Å². The quantitative estimate of drug-likeness (QED) is 0.702. The van der Waals surface area contributed by atoms with Crippen LogP contribution in [-0.2, 0) is 14.3 Å². The molecule has 0 bridgehead atoms. The molecule has 1 aliphatic rings. The first-order chi connectivity index (χ1) is 7.24. The minimum Gasteiger partial charge on any atom is -0.359 e. The lowest BCUT2D eigenvalue weighted by molar-refractivity contribution is -0.141. The molecule has 1 rings (SSSR count). The maximum absolute atomic E-state index is 11.4. The van der Waals surface area contributed by atoms with Gasteiger partial charge in [0, 0.05) is 13.0 Å². The minimum absolute atomic E-state index is 0.253. The van der Waals surface area contributed by atoms with Crippen LogP contribution in [0.1, 0.15) is 45.4 Å². The van der Waals surface area contributed by atoms with Crippen molar-refractivity contribution in [3.8, 4) is 0 Å². The van der Waals surface area contributed by atoms with Crippen molar-refractivity contribution in [2.75, 3.05) is 6.61 Å². The van der Waals surface area contributed by atoms with Gasteiger partial charge in [0.2, 0.25) is 5.78 Å². The Balaban J connectivity index is 2.24. The van der Waals surface area contributed by atoms with Gasteiger partial charge in [-0.2, -0.15) is 0 Å². The summed E-state index contributed by atoms with van der Waals surface area (Å²) in [5, 5.41) is 2.62. The Morgan fingerprint density at radius 1 is 1.40 bits per heavy atom. The van der Waals surface area contributed by atoms with Gasteiger partial charge < -0.3 is 10.1 Å². The molecule has 1 N–H and O–H groups in total. The topological polar surface area (TPSA) is 55.4 Å². The van der Waals surface area contributed by atoms with E-state index in [-0.39, 0.29) is 12.0 Å². The first-order valence-electron chi connectivity index (χ1n) is 5.69. The number of Topliss-reactive ketones (excluding diaryl/α,β-unsaturated/α-hetero) is 1. The Morgan fingerprint density at radius 2 is 2.20 bits per heavy atom. The van der Waals surface area contributed by atoms with Gasteiger partial charge in [0.25, 0.3) is 5.91 Å². The Kier molecular flexibility index (Phi) is 5.32. The van der Waals surface area contributed by atoms with Crippen LogP contribution in [0.4, 0.5) is 0 Å². The average Bonchev–Trinajstić information content (AvgIpc) is 2.27. The Labute approximate surface area is 90.4 Å². The van der Waals surface area contributed by atoms with Crippen LogP contribution in [-0.4, -0.2) is 24.5 Å². The second-order valence-corrected chi connectivity index (χ2v) is 3.86. The standard InChI is InChI=1S/C11H19NO3/c1-2-3-6-9(13)11(14)12-10-7-4-5-8-15-10/h10H,2-8H2,1H3,(H,12,14). The van der Waals surface area contributed by atoms with Gasteiger partial charge in [0.1, 0.15) is 6.23 Å². The molecule has 1 aliphatic heterocycles.